The highest BCUT2D eigenvalue weighted by Crippen LogP contribution is 2.23. The molecule has 0 saturated heterocycles. The van der Waals surface area contributed by atoms with Gasteiger partial charge in [0, 0.05) is 0 Å². The molecule has 0 aliphatic carbocycles. The van der Waals surface area contributed by atoms with Crippen molar-refractivity contribution < 1.29 is 4.74 Å². The summed E-state index contributed by atoms with van der Waals surface area (Å²) in [7, 11) is 0. The van der Waals surface area contributed by atoms with E-state index in [0.29, 0.717) is 6.61 Å². The normalized spacial score (nSPS) is 11.6. The predicted octanol–water partition coefficient (Wildman–Crippen LogP) is 4.33. The summed E-state index contributed by atoms with van der Waals surface area (Å²) in [6.07, 6.45) is 1.76. The minimum absolute atomic E-state index is 0.0640. The quantitative estimate of drug-likeness (QED) is 0.779. The van der Waals surface area contributed by atoms with Crippen molar-refractivity contribution in [2.45, 2.75) is 25.7 Å². The zero-order valence-corrected chi connectivity index (χ0v) is 11.8. The first-order valence-electron chi connectivity index (χ1n) is 6.99. The topological polar surface area (TPSA) is 33.0 Å². The van der Waals surface area contributed by atoms with Crippen molar-refractivity contribution >= 4 is 0 Å². The second-order valence-corrected chi connectivity index (χ2v) is 4.71. The minimum atomic E-state index is -0.0640. The average molecular weight is 265 g/mol. The highest BCUT2D eigenvalue weighted by Gasteiger charge is 2.10. The molecule has 0 aliphatic rings. The first kappa shape index (κ1) is 14.1. The molecule has 0 saturated carbocycles. The van der Waals surface area contributed by atoms with E-state index in [-0.39, 0.29) is 5.92 Å². The van der Waals surface area contributed by atoms with Crippen molar-refractivity contribution in [3.8, 4) is 11.8 Å². The number of benzene rings is 2. The summed E-state index contributed by atoms with van der Waals surface area (Å²) in [5.41, 5.74) is 2.34. The van der Waals surface area contributed by atoms with E-state index in [1.165, 1.54) is 5.56 Å². The Labute approximate surface area is 120 Å². The van der Waals surface area contributed by atoms with Crippen LogP contribution in [0.2, 0.25) is 0 Å². The number of nitrogens with zero attached hydrogens (tertiary/aromatic N) is 1. The summed E-state index contributed by atoms with van der Waals surface area (Å²) in [4.78, 5) is 0. The third kappa shape index (κ3) is 3.86. The molecule has 0 bridgehead atoms. The van der Waals surface area contributed by atoms with Gasteiger partial charge in [-0.3, -0.25) is 0 Å². The molecule has 2 rings (SSSR count). The van der Waals surface area contributed by atoms with Crippen molar-refractivity contribution in [1.29, 1.82) is 5.26 Å². The Balaban J connectivity index is 1.99. The fourth-order valence-electron chi connectivity index (χ4n) is 2.22. The number of hydrogen-bond acceptors (Lipinski definition) is 2. The van der Waals surface area contributed by atoms with E-state index in [0.717, 1.165) is 24.2 Å². The molecular weight excluding hydrogens is 246 g/mol. The maximum Gasteiger partial charge on any atom is 0.119 e. The zero-order chi connectivity index (χ0) is 14.2. The Kier molecular flexibility index (Phi) is 5.20. The largest absolute Gasteiger partial charge is 0.494 e. The number of nitriles is 1. The minimum Gasteiger partial charge on any atom is -0.494 e. The van der Waals surface area contributed by atoms with Crippen LogP contribution in [-0.2, 0) is 6.42 Å². The van der Waals surface area contributed by atoms with Gasteiger partial charge in [0.25, 0.3) is 0 Å². The Morgan fingerprint density at radius 1 is 1.05 bits per heavy atom. The van der Waals surface area contributed by atoms with E-state index in [1.807, 2.05) is 49.4 Å². The summed E-state index contributed by atoms with van der Waals surface area (Å²) in [5.74, 6) is 0.793. The van der Waals surface area contributed by atoms with Gasteiger partial charge in [-0.15, -0.1) is 0 Å². The highest BCUT2D eigenvalue weighted by atomic mass is 16.5. The average Bonchev–Trinajstić information content (AvgIpc) is 2.51. The van der Waals surface area contributed by atoms with Crippen LogP contribution in [0.3, 0.4) is 0 Å². The van der Waals surface area contributed by atoms with E-state index in [4.69, 9.17) is 4.74 Å². The van der Waals surface area contributed by atoms with Crippen LogP contribution in [0.25, 0.3) is 0 Å². The maximum atomic E-state index is 9.35. The SMILES string of the molecule is CCOc1ccc(C(C#N)CCc2ccccc2)cc1. The van der Waals surface area contributed by atoms with Crippen LogP contribution >= 0.6 is 0 Å². The molecule has 0 aromatic heterocycles. The van der Waals surface area contributed by atoms with E-state index in [2.05, 4.69) is 18.2 Å². The molecule has 2 heteroatoms. The van der Waals surface area contributed by atoms with E-state index < -0.39 is 0 Å². The maximum absolute atomic E-state index is 9.35. The van der Waals surface area contributed by atoms with Crippen molar-refractivity contribution in [3.63, 3.8) is 0 Å². The molecule has 1 unspecified atom stereocenters. The molecule has 0 spiro atoms. The smallest absolute Gasteiger partial charge is 0.119 e. The molecule has 2 aromatic rings. The van der Waals surface area contributed by atoms with E-state index >= 15 is 0 Å². The Morgan fingerprint density at radius 2 is 1.75 bits per heavy atom. The third-order valence-electron chi connectivity index (χ3n) is 3.31. The van der Waals surface area contributed by atoms with Gasteiger partial charge in [0.05, 0.1) is 18.6 Å². The van der Waals surface area contributed by atoms with Gasteiger partial charge in [0.1, 0.15) is 5.75 Å². The molecule has 102 valence electrons. The van der Waals surface area contributed by atoms with Crippen molar-refractivity contribution in [3.05, 3.63) is 65.7 Å². The lowest BCUT2D eigenvalue weighted by atomic mass is 9.93. The van der Waals surface area contributed by atoms with Crippen LogP contribution in [0.1, 0.15) is 30.4 Å². The summed E-state index contributed by atoms with van der Waals surface area (Å²) < 4.78 is 5.42. The van der Waals surface area contributed by atoms with Crippen LogP contribution in [0.15, 0.2) is 54.6 Å². The molecule has 0 radical (unpaired) electrons. The summed E-state index contributed by atoms with van der Waals surface area (Å²) >= 11 is 0. The molecule has 0 heterocycles. The van der Waals surface area contributed by atoms with Crippen LogP contribution in [0.4, 0.5) is 0 Å². The molecule has 0 fully saturated rings. The van der Waals surface area contributed by atoms with Gasteiger partial charge in [-0.05, 0) is 43.0 Å². The fourth-order valence-corrected chi connectivity index (χ4v) is 2.22. The zero-order valence-electron chi connectivity index (χ0n) is 11.8. The monoisotopic (exact) mass is 265 g/mol. The van der Waals surface area contributed by atoms with Gasteiger partial charge in [-0.1, -0.05) is 42.5 Å². The van der Waals surface area contributed by atoms with Gasteiger partial charge in [-0.25, -0.2) is 0 Å². The van der Waals surface area contributed by atoms with E-state index in [9.17, 15) is 5.26 Å². The summed E-state index contributed by atoms with van der Waals surface area (Å²) in [6, 6.07) is 20.5. The number of aryl methyl sites for hydroxylation is 1. The van der Waals surface area contributed by atoms with Crippen LogP contribution < -0.4 is 4.74 Å². The fraction of sp³-hybridized carbons (Fsp3) is 0.278. The number of ether oxygens (including phenoxy) is 1. The van der Waals surface area contributed by atoms with Gasteiger partial charge in [-0.2, -0.15) is 5.26 Å². The van der Waals surface area contributed by atoms with E-state index in [1.54, 1.807) is 0 Å². The predicted molar refractivity (Wildman–Crippen MR) is 80.7 cm³/mol. The molecule has 20 heavy (non-hydrogen) atoms. The van der Waals surface area contributed by atoms with Gasteiger partial charge >= 0.3 is 0 Å². The lowest BCUT2D eigenvalue weighted by Gasteiger charge is -2.10. The van der Waals surface area contributed by atoms with Crippen LogP contribution in [-0.4, -0.2) is 6.61 Å². The third-order valence-corrected chi connectivity index (χ3v) is 3.31. The first-order chi connectivity index (χ1) is 9.83. The van der Waals surface area contributed by atoms with Crippen LogP contribution in [0, 0.1) is 11.3 Å². The standard InChI is InChI=1S/C18H19NO/c1-2-20-18-12-10-16(11-13-18)17(14-19)9-8-15-6-4-3-5-7-15/h3-7,10-13,17H,2,8-9H2,1H3. The molecule has 0 amide bonds. The van der Waals surface area contributed by atoms with Gasteiger partial charge in [0.15, 0.2) is 0 Å². The number of hydrogen-bond donors (Lipinski definition) is 0. The lowest BCUT2D eigenvalue weighted by molar-refractivity contribution is 0.340. The first-order valence-corrected chi connectivity index (χ1v) is 6.99. The number of rotatable bonds is 6. The Morgan fingerprint density at radius 3 is 2.35 bits per heavy atom. The van der Waals surface area contributed by atoms with Gasteiger partial charge < -0.3 is 4.74 Å². The Hall–Kier alpha value is -2.27. The van der Waals surface area contributed by atoms with Crippen molar-refractivity contribution in [1.82, 2.24) is 0 Å². The molecule has 0 aliphatic heterocycles. The molecule has 0 N–H and O–H groups in total. The molecular formula is C18H19NO. The molecule has 2 nitrogen and oxygen atoms in total. The molecule has 2 aromatic carbocycles. The highest BCUT2D eigenvalue weighted by molar-refractivity contribution is 5.32. The second-order valence-electron chi connectivity index (χ2n) is 4.71. The van der Waals surface area contributed by atoms with Crippen molar-refractivity contribution in [2.24, 2.45) is 0 Å². The summed E-state index contributed by atoms with van der Waals surface area (Å²) in [5, 5.41) is 9.35. The Bertz CT molecular complexity index is 554. The second kappa shape index (κ2) is 7.35. The van der Waals surface area contributed by atoms with Crippen LogP contribution in [0.5, 0.6) is 5.75 Å². The summed E-state index contributed by atoms with van der Waals surface area (Å²) in [6.45, 7) is 2.63. The lowest BCUT2D eigenvalue weighted by Crippen LogP contribution is -1.99. The van der Waals surface area contributed by atoms with Gasteiger partial charge in [0.2, 0.25) is 0 Å². The molecule has 1 atom stereocenters. The van der Waals surface area contributed by atoms with Crippen molar-refractivity contribution in [2.75, 3.05) is 6.61 Å².